The minimum absolute atomic E-state index is 0.0214. The van der Waals surface area contributed by atoms with Gasteiger partial charge in [0.15, 0.2) is 6.61 Å². The van der Waals surface area contributed by atoms with Crippen LogP contribution in [0.1, 0.15) is 15.9 Å². The van der Waals surface area contributed by atoms with Crippen molar-refractivity contribution in [3.63, 3.8) is 0 Å². The topological polar surface area (TPSA) is 70.7 Å². The van der Waals surface area contributed by atoms with Gasteiger partial charge in [0.2, 0.25) is 0 Å². The first-order chi connectivity index (χ1) is 12.2. The first kappa shape index (κ1) is 15.5. The van der Waals surface area contributed by atoms with Crippen LogP contribution in [0.2, 0.25) is 0 Å². The van der Waals surface area contributed by atoms with Gasteiger partial charge in [0.1, 0.15) is 5.75 Å². The van der Waals surface area contributed by atoms with Crippen molar-refractivity contribution in [3.05, 3.63) is 53.6 Å². The Morgan fingerprint density at radius 1 is 1.24 bits per heavy atom. The van der Waals surface area contributed by atoms with Crippen molar-refractivity contribution in [2.45, 2.75) is 6.42 Å². The second kappa shape index (κ2) is 6.47. The minimum atomic E-state index is -0.185. The van der Waals surface area contributed by atoms with Crippen LogP contribution in [0.5, 0.6) is 5.75 Å². The van der Waals surface area contributed by atoms with Crippen molar-refractivity contribution in [1.82, 2.24) is 5.32 Å². The van der Waals surface area contributed by atoms with Crippen molar-refractivity contribution >= 4 is 23.2 Å². The molecule has 2 aromatic carbocycles. The molecule has 0 unspecified atom stereocenters. The van der Waals surface area contributed by atoms with Gasteiger partial charge in [-0.15, -0.1) is 0 Å². The first-order valence-electron chi connectivity index (χ1n) is 8.38. The summed E-state index contributed by atoms with van der Waals surface area (Å²) in [6.07, 6.45) is 1.05. The number of fused-ring (bicyclic) bond motifs is 2. The fourth-order valence-electron chi connectivity index (χ4n) is 3.26. The zero-order chi connectivity index (χ0) is 17.2. The largest absolute Gasteiger partial charge is 0.482 e. The molecule has 0 saturated carbocycles. The lowest BCUT2D eigenvalue weighted by Gasteiger charge is -2.20. The lowest BCUT2D eigenvalue weighted by Crippen LogP contribution is -2.34. The summed E-state index contributed by atoms with van der Waals surface area (Å²) >= 11 is 0. The van der Waals surface area contributed by atoms with Gasteiger partial charge in [0.25, 0.3) is 11.8 Å². The van der Waals surface area contributed by atoms with Crippen LogP contribution < -0.4 is 20.3 Å². The second-order valence-electron chi connectivity index (χ2n) is 6.17. The number of nitrogens with zero attached hydrogens (tertiary/aromatic N) is 1. The summed E-state index contributed by atoms with van der Waals surface area (Å²) in [6, 6.07) is 13.4. The van der Waals surface area contributed by atoms with Crippen LogP contribution in [0.25, 0.3) is 0 Å². The summed E-state index contributed by atoms with van der Waals surface area (Å²) in [7, 11) is 0. The van der Waals surface area contributed by atoms with E-state index in [9.17, 15) is 9.59 Å². The SMILES string of the molecule is O=C1COc2cc(C(=O)NCCN3CCc4ccccc43)ccc2N1. The van der Waals surface area contributed by atoms with Crippen molar-refractivity contribution in [2.24, 2.45) is 0 Å². The summed E-state index contributed by atoms with van der Waals surface area (Å²) in [6.45, 7) is 2.32. The molecule has 0 spiro atoms. The van der Waals surface area contributed by atoms with Gasteiger partial charge < -0.3 is 20.3 Å². The molecular formula is C19H19N3O3. The van der Waals surface area contributed by atoms with Gasteiger partial charge in [-0.2, -0.15) is 0 Å². The van der Waals surface area contributed by atoms with Gasteiger partial charge in [-0.3, -0.25) is 9.59 Å². The van der Waals surface area contributed by atoms with Gasteiger partial charge in [-0.1, -0.05) is 18.2 Å². The van der Waals surface area contributed by atoms with Gasteiger partial charge in [-0.25, -0.2) is 0 Å². The van der Waals surface area contributed by atoms with E-state index in [1.54, 1.807) is 18.2 Å². The Balaban J connectivity index is 1.35. The molecular weight excluding hydrogens is 318 g/mol. The van der Waals surface area contributed by atoms with Gasteiger partial charge in [0, 0.05) is 30.9 Å². The maximum atomic E-state index is 12.3. The van der Waals surface area contributed by atoms with E-state index in [2.05, 4.69) is 33.7 Å². The third-order valence-corrected chi connectivity index (χ3v) is 4.53. The molecule has 2 amide bonds. The third kappa shape index (κ3) is 3.15. The molecule has 2 aliphatic heterocycles. The minimum Gasteiger partial charge on any atom is -0.482 e. The van der Waals surface area contributed by atoms with Crippen LogP contribution >= 0.6 is 0 Å². The molecule has 25 heavy (non-hydrogen) atoms. The van der Waals surface area contributed by atoms with Gasteiger partial charge in [0.05, 0.1) is 5.69 Å². The molecule has 2 N–H and O–H groups in total. The van der Waals surface area contributed by atoms with E-state index >= 15 is 0 Å². The Hall–Kier alpha value is -3.02. The van der Waals surface area contributed by atoms with Crippen LogP contribution in [0, 0.1) is 0 Å². The molecule has 0 bridgehead atoms. The number of carbonyl (C=O) groups excluding carboxylic acids is 2. The molecule has 0 radical (unpaired) electrons. The Bertz CT molecular complexity index is 834. The number of para-hydroxylation sites is 1. The zero-order valence-corrected chi connectivity index (χ0v) is 13.7. The van der Waals surface area contributed by atoms with E-state index in [1.165, 1.54) is 11.3 Å². The second-order valence-corrected chi connectivity index (χ2v) is 6.17. The van der Waals surface area contributed by atoms with E-state index in [-0.39, 0.29) is 18.4 Å². The molecule has 0 saturated heterocycles. The number of carbonyl (C=O) groups is 2. The quantitative estimate of drug-likeness (QED) is 0.893. The van der Waals surface area contributed by atoms with E-state index in [4.69, 9.17) is 4.74 Å². The molecule has 0 fully saturated rings. The van der Waals surface area contributed by atoms with Gasteiger partial charge in [-0.05, 0) is 36.2 Å². The smallest absolute Gasteiger partial charge is 0.262 e. The fraction of sp³-hybridized carbons (Fsp3) is 0.263. The number of amides is 2. The van der Waals surface area contributed by atoms with E-state index in [0.29, 0.717) is 23.5 Å². The Kier molecular flexibility index (Phi) is 4.01. The summed E-state index contributed by atoms with van der Waals surface area (Å²) < 4.78 is 5.35. The number of hydrogen-bond acceptors (Lipinski definition) is 4. The average molecular weight is 337 g/mol. The lowest BCUT2D eigenvalue weighted by molar-refractivity contribution is -0.118. The van der Waals surface area contributed by atoms with Crippen LogP contribution in [0.15, 0.2) is 42.5 Å². The predicted molar refractivity (Wildman–Crippen MR) is 95.3 cm³/mol. The summed E-state index contributed by atoms with van der Waals surface area (Å²) in [5, 5.41) is 5.66. The highest BCUT2D eigenvalue weighted by atomic mass is 16.5. The normalized spacial score (nSPS) is 15.0. The van der Waals surface area contributed by atoms with Crippen molar-refractivity contribution in [2.75, 3.05) is 36.5 Å². The molecule has 4 rings (SSSR count). The highest BCUT2D eigenvalue weighted by molar-refractivity contribution is 5.99. The average Bonchev–Trinajstić information content (AvgIpc) is 3.04. The maximum Gasteiger partial charge on any atom is 0.262 e. The molecule has 2 heterocycles. The Morgan fingerprint density at radius 3 is 3.04 bits per heavy atom. The van der Waals surface area contributed by atoms with Crippen LogP contribution in [0.3, 0.4) is 0 Å². The molecule has 0 aliphatic carbocycles. The number of rotatable bonds is 4. The number of nitrogens with one attached hydrogen (secondary N) is 2. The Labute approximate surface area is 145 Å². The van der Waals surface area contributed by atoms with Gasteiger partial charge >= 0.3 is 0 Å². The number of benzene rings is 2. The van der Waals surface area contributed by atoms with Crippen molar-refractivity contribution in [3.8, 4) is 5.75 Å². The van der Waals surface area contributed by atoms with E-state index in [0.717, 1.165) is 19.5 Å². The first-order valence-corrected chi connectivity index (χ1v) is 8.38. The summed E-state index contributed by atoms with van der Waals surface area (Å²) in [4.78, 5) is 25.9. The third-order valence-electron chi connectivity index (χ3n) is 4.53. The predicted octanol–water partition coefficient (Wildman–Crippen LogP) is 1.81. The highest BCUT2D eigenvalue weighted by Gasteiger charge is 2.19. The fourth-order valence-corrected chi connectivity index (χ4v) is 3.26. The number of hydrogen-bond donors (Lipinski definition) is 2. The van der Waals surface area contributed by atoms with Crippen LogP contribution in [-0.4, -0.2) is 38.1 Å². The maximum absolute atomic E-state index is 12.3. The lowest BCUT2D eigenvalue weighted by atomic mass is 10.1. The standard InChI is InChI=1S/C19H19N3O3/c23-18-12-25-17-11-14(5-6-15(17)21-18)19(24)20-8-10-22-9-7-13-3-1-2-4-16(13)22/h1-6,11H,7-10,12H2,(H,20,24)(H,21,23). The Morgan fingerprint density at radius 2 is 2.12 bits per heavy atom. The molecule has 0 aromatic heterocycles. The monoisotopic (exact) mass is 337 g/mol. The molecule has 6 heteroatoms. The molecule has 128 valence electrons. The molecule has 2 aromatic rings. The van der Waals surface area contributed by atoms with Crippen molar-refractivity contribution in [1.29, 1.82) is 0 Å². The molecule has 0 atom stereocenters. The van der Waals surface area contributed by atoms with Crippen LogP contribution in [0.4, 0.5) is 11.4 Å². The molecule has 6 nitrogen and oxygen atoms in total. The van der Waals surface area contributed by atoms with Crippen molar-refractivity contribution < 1.29 is 14.3 Å². The summed E-state index contributed by atoms with van der Waals surface area (Å²) in [5.74, 6) is 0.201. The molecule has 2 aliphatic rings. The highest BCUT2D eigenvalue weighted by Crippen LogP contribution is 2.29. The number of anilines is 2. The number of ether oxygens (including phenoxy) is 1. The van der Waals surface area contributed by atoms with E-state index in [1.807, 2.05) is 6.07 Å². The van der Waals surface area contributed by atoms with E-state index < -0.39 is 0 Å². The zero-order valence-electron chi connectivity index (χ0n) is 13.7. The summed E-state index contributed by atoms with van der Waals surface area (Å²) in [5.41, 5.74) is 3.75. The van der Waals surface area contributed by atoms with Crippen LogP contribution in [-0.2, 0) is 11.2 Å².